The molecule has 1 aromatic rings. The maximum atomic E-state index is 11.5. The molecule has 0 N–H and O–H groups in total. The Bertz CT molecular complexity index is 277. The van der Waals surface area contributed by atoms with Crippen LogP contribution in [0.2, 0.25) is 0 Å². The summed E-state index contributed by atoms with van der Waals surface area (Å²) >= 11 is 0. The van der Waals surface area contributed by atoms with Crippen molar-refractivity contribution in [3.63, 3.8) is 0 Å². The third kappa shape index (κ3) is 4.20. The summed E-state index contributed by atoms with van der Waals surface area (Å²) in [6.07, 6.45) is -2.74. The molecule has 4 heteroatoms. The number of benzene rings is 1. The lowest BCUT2D eigenvalue weighted by Gasteiger charge is -2.02. The normalized spacial score (nSPS) is 11.9. The molecule has 0 amide bonds. The van der Waals surface area contributed by atoms with E-state index in [-0.39, 0.29) is 0 Å². The maximum Gasteiger partial charge on any atom is 0.572 e. The van der Waals surface area contributed by atoms with Crippen molar-refractivity contribution in [2.45, 2.75) is 6.36 Å². The molecular formula is C9H7F3O. The van der Waals surface area contributed by atoms with Gasteiger partial charge >= 0.3 is 6.36 Å². The van der Waals surface area contributed by atoms with Gasteiger partial charge in [0.2, 0.25) is 0 Å². The smallest absolute Gasteiger partial charge is 0.414 e. The van der Waals surface area contributed by atoms with Crippen LogP contribution < -0.4 is 0 Å². The van der Waals surface area contributed by atoms with Gasteiger partial charge in [0.05, 0.1) is 6.26 Å². The molecule has 0 radical (unpaired) electrons. The van der Waals surface area contributed by atoms with E-state index in [4.69, 9.17) is 0 Å². The second kappa shape index (κ2) is 3.98. The van der Waals surface area contributed by atoms with E-state index in [1.165, 1.54) is 6.08 Å². The Balaban J connectivity index is 2.51. The molecule has 0 saturated heterocycles. The van der Waals surface area contributed by atoms with Crippen LogP contribution >= 0.6 is 0 Å². The van der Waals surface area contributed by atoms with Gasteiger partial charge in [0.1, 0.15) is 0 Å². The first kappa shape index (κ1) is 9.64. The predicted molar refractivity (Wildman–Crippen MR) is 42.6 cm³/mol. The first-order chi connectivity index (χ1) is 6.08. The van der Waals surface area contributed by atoms with Crippen molar-refractivity contribution in [2.24, 2.45) is 0 Å². The standard InChI is InChI=1S/C9H7F3O/c10-9(11,12)13-7-6-8-4-2-1-3-5-8/h1-7H/b7-6+. The lowest BCUT2D eigenvalue weighted by Crippen LogP contribution is -2.08. The van der Waals surface area contributed by atoms with Gasteiger partial charge in [0, 0.05) is 0 Å². The molecule has 0 saturated carbocycles. The molecule has 13 heavy (non-hydrogen) atoms. The van der Waals surface area contributed by atoms with Crippen molar-refractivity contribution >= 4 is 6.08 Å². The summed E-state index contributed by atoms with van der Waals surface area (Å²) in [6, 6.07) is 8.59. The van der Waals surface area contributed by atoms with Crippen LogP contribution in [0.25, 0.3) is 6.08 Å². The summed E-state index contributed by atoms with van der Waals surface area (Å²) in [5.74, 6) is 0. The molecule has 0 aromatic heterocycles. The molecule has 0 bridgehead atoms. The van der Waals surface area contributed by atoms with Crippen LogP contribution in [0.3, 0.4) is 0 Å². The summed E-state index contributed by atoms with van der Waals surface area (Å²) in [6.45, 7) is 0. The van der Waals surface area contributed by atoms with E-state index in [0.29, 0.717) is 11.8 Å². The molecule has 1 aromatic carbocycles. The van der Waals surface area contributed by atoms with Crippen molar-refractivity contribution in [1.82, 2.24) is 0 Å². The zero-order chi connectivity index (χ0) is 9.73. The molecular weight excluding hydrogens is 181 g/mol. The van der Waals surface area contributed by atoms with E-state index in [0.717, 1.165) is 0 Å². The van der Waals surface area contributed by atoms with E-state index in [9.17, 15) is 13.2 Å². The third-order valence-corrected chi connectivity index (χ3v) is 1.26. The summed E-state index contributed by atoms with van der Waals surface area (Å²) in [5.41, 5.74) is 0.659. The average Bonchev–Trinajstić information content (AvgIpc) is 2.04. The number of ether oxygens (including phenoxy) is 1. The van der Waals surface area contributed by atoms with Crippen molar-refractivity contribution in [1.29, 1.82) is 0 Å². The number of halogens is 3. The summed E-state index contributed by atoms with van der Waals surface area (Å²) in [7, 11) is 0. The predicted octanol–water partition coefficient (Wildman–Crippen LogP) is 3.19. The molecule has 0 aliphatic carbocycles. The molecule has 0 aliphatic rings. The number of hydrogen-bond donors (Lipinski definition) is 0. The maximum absolute atomic E-state index is 11.5. The summed E-state index contributed by atoms with van der Waals surface area (Å²) < 4.78 is 37.9. The van der Waals surface area contributed by atoms with Crippen LogP contribution in [0, 0.1) is 0 Å². The van der Waals surface area contributed by atoms with Gasteiger partial charge in [-0.1, -0.05) is 30.3 Å². The van der Waals surface area contributed by atoms with Crippen LogP contribution in [-0.2, 0) is 4.74 Å². The highest BCUT2D eigenvalue weighted by molar-refractivity contribution is 5.47. The second-order valence-electron chi connectivity index (χ2n) is 2.28. The molecule has 0 heterocycles. The first-order valence-electron chi connectivity index (χ1n) is 3.54. The molecule has 0 spiro atoms. The largest absolute Gasteiger partial charge is 0.572 e. The van der Waals surface area contributed by atoms with Gasteiger partial charge in [-0.05, 0) is 11.6 Å². The highest BCUT2D eigenvalue weighted by Gasteiger charge is 2.28. The lowest BCUT2D eigenvalue weighted by atomic mass is 10.2. The van der Waals surface area contributed by atoms with Crippen molar-refractivity contribution < 1.29 is 17.9 Å². The SMILES string of the molecule is FC(F)(F)O/C=C/c1ccccc1. The van der Waals surface area contributed by atoms with Crippen LogP contribution in [0.4, 0.5) is 13.2 Å². The monoisotopic (exact) mass is 188 g/mol. The minimum Gasteiger partial charge on any atom is -0.414 e. The molecule has 0 fully saturated rings. The molecule has 0 aliphatic heterocycles. The van der Waals surface area contributed by atoms with Crippen molar-refractivity contribution in [2.75, 3.05) is 0 Å². The average molecular weight is 188 g/mol. The van der Waals surface area contributed by atoms with E-state index in [1.54, 1.807) is 30.3 Å². The minimum atomic E-state index is -4.61. The molecule has 1 nitrogen and oxygen atoms in total. The van der Waals surface area contributed by atoms with Gasteiger partial charge in [-0.25, -0.2) is 0 Å². The first-order valence-corrected chi connectivity index (χ1v) is 3.54. The van der Waals surface area contributed by atoms with Crippen LogP contribution in [0.1, 0.15) is 5.56 Å². The van der Waals surface area contributed by atoms with E-state index in [2.05, 4.69) is 4.74 Å². The Hall–Kier alpha value is -1.45. The fourth-order valence-corrected chi connectivity index (χ4v) is 0.754. The molecule has 70 valence electrons. The second-order valence-corrected chi connectivity index (χ2v) is 2.28. The Kier molecular flexibility index (Phi) is 2.95. The topological polar surface area (TPSA) is 9.23 Å². The zero-order valence-corrected chi connectivity index (χ0v) is 6.58. The third-order valence-electron chi connectivity index (χ3n) is 1.26. The highest BCUT2D eigenvalue weighted by atomic mass is 19.4. The zero-order valence-electron chi connectivity index (χ0n) is 6.58. The van der Waals surface area contributed by atoms with Crippen molar-refractivity contribution in [3.05, 3.63) is 42.2 Å². The van der Waals surface area contributed by atoms with E-state index >= 15 is 0 Å². The highest BCUT2D eigenvalue weighted by Crippen LogP contribution is 2.16. The quantitative estimate of drug-likeness (QED) is 0.647. The number of rotatable bonds is 2. The number of hydrogen-bond acceptors (Lipinski definition) is 1. The Morgan fingerprint density at radius 3 is 2.23 bits per heavy atom. The van der Waals surface area contributed by atoms with Crippen LogP contribution in [-0.4, -0.2) is 6.36 Å². The molecule has 0 atom stereocenters. The Labute approximate surface area is 73.4 Å². The minimum absolute atomic E-state index is 0.620. The summed E-state index contributed by atoms with van der Waals surface area (Å²) in [4.78, 5) is 0. The Morgan fingerprint density at radius 1 is 1.08 bits per heavy atom. The van der Waals surface area contributed by atoms with Crippen LogP contribution in [0.5, 0.6) is 0 Å². The van der Waals surface area contributed by atoms with Crippen LogP contribution in [0.15, 0.2) is 36.6 Å². The van der Waals surface area contributed by atoms with E-state index < -0.39 is 6.36 Å². The van der Waals surface area contributed by atoms with Gasteiger partial charge in [0.25, 0.3) is 0 Å². The lowest BCUT2D eigenvalue weighted by molar-refractivity contribution is -0.297. The van der Waals surface area contributed by atoms with Gasteiger partial charge in [0.15, 0.2) is 0 Å². The van der Waals surface area contributed by atoms with E-state index in [1.807, 2.05) is 0 Å². The number of alkyl halides is 3. The van der Waals surface area contributed by atoms with Gasteiger partial charge in [-0.15, -0.1) is 13.2 Å². The van der Waals surface area contributed by atoms with Gasteiger partial charge in [-0.3, -0.25) is 0 Å². The van der Waals surface area contributed by atoms with Crippen molar-refractivity contribution in [3.8, 4) is 0 Å². The van der Waals surface area contributed by atoms with Gasteiger partial charge < -0.3 is 4.74 Å². The molecule has 0 unspecified atom stereocenters. The van der Waals surface area contributed by atoms with Gasteiger partial charge in [-0.2, -0.15) is 0 Å². The fourth-order valence-electron chi connectivity index (χ4n) is 0.754. The summed E-state index contributed by atoms with van der Waals surface area (Å²) in [5, 5.41) is 0. The fraction of sp³-hybridized carbons (Fsp3) is 0.111. The Morgan fingerprint density at radius 2 is 1.69 bits per heavy atom. The molecule has 1 rings (SSSR count).